The van der Waals surface area contributed by atoms with Gasteiger partial charge in [-0.15, -0.1) is 10.2 Å². The van der Waals surface area contributed by atoms with E-state index in [1.54, 1.807) is 0 Å². The molecule has 8 heteroatoms. The lowest BCUT2D eigenvalue weighted by molar-refractivity contribution is 0.181. The van der Waals surface area contributed by atoms with Crippen LogP contribution in [0, 0.1) is 6.92 Å². The first-order chi connectivity index (χ1) is 14.2. The average molecular weight is 433 g/mol. The third-order valence-corrected chi connectivity index (χ3v) is 5.70. The largest absolute Gasteiger partial charge is 0.387 e. The lowest BCUT2D eigenvalue weighted by atomic mass is 9.86. The Morgan fingerprint density at radius 2 is 1.90 bits per heavy atom. The molecule has 1 aromatic carbocycles. The number of hydrogen-bond donors (Lipinski definition) is 3. The highest BCUT2D eigenvalue weighted by molar-refractivity contribution is 7.98. The van der Waals surface area contributed by atoms with Gasteiger partial charge in [-0.3, -0.25) is 0 Å². The number of hydrogen-bond acceptors (Lipinski definition) is 5. The normalized spacial score (nSPS) is 13.4. The van der Waals surface area contributed by atoms with Crippen molar-refractivity contribution in [1.82, 2.24) is 25.4 Å². The summed E-state index contributed by atoms with van der Waals surface area (Å²) in [6.07, 6.45) is 2.53. The van der Waals surface area contributed by atoms with Crippen molar-refractivity contribution in [3.8, 4) is 0 Å². The van der Waals surface area contributed by atoms with Crippen LogP contribution in [0.1, 0.15) is 56.1 Å². The minimum absolute atomic E-state index is 0.0977. The van der Waals surface area contributed by atoms with Crippen molar-refractivity contribution in [2.24, 2.45) is 12.0 Å². The molecule has 2 rings (SSSR count). The van der Waals surface area contributed by atoms with Crippen LogP contribution in [0.2, 0.25) is 0 Å². The van der Waals surface area contributed by atoms with Crippen molar-refractivity contribution >= 4 is 17.7 Å². The minimum Gasteiger partial charge on any atom is -0.387 e. The van der Waals surface area contributed by atoms with Gasteiger partial charge in [0, 0.05) is 20.1 Å². The smallest absolute Gasteiger partial charge is 0.191 e. The molecule has 1 heterocycles. The second-order valence-corrected chi connectivity index (χ2v) is 9.41. The van der Waals surface area contributed by atoms with Crippen molar-refractivity contribution in [1.29, 1.82) is 0 Å². The highest BCUT2D eigenvalue weighted by Gasteiger charge is 2.15. The number of rotatable bonds is 9. The monoisotopic (exact) mass is 432 g/mol. The Balaban J connectivity index is 1.99. The molecule has 166 valence electrons. The first-order valence-corrected chi connectivity index (χ1v) is 11.8. The lowest BCUT2D eigenvalue weighted by Crippen LogP contribution is -2.40. The van der Waals surface area contributed by atoms with Gasteiger partial charge in [-0.05, 0) is 41.9 Å². The van der Waals surface area contributed by atoms with Crippen LogP contribution in [0.25, 0.3) is 0 Å². The Hall–Kier alpha value is -2.06. The first-order valence-electron chi connectivity index (χ1n) is 10.4. The standard InChI is InChI=1S/C22H36N6OS/c1-16-26-27-20(28(16)5)15-25-21(23-12-7-13-30-6)24-14-19(29)17-8-10-18(11-9-17)22(2,3)4/h8-11,19,29H,7,12-15H2,1-6H3,(H2,23,24,25). The van der Waals surface area contributed by atoms with Gasteiger partial charge in [0.1, 0.15) is 12.4 Å². The van der Waals surface area contributed by atoms with Gasteiger partial charge in [0.25, 0.3) is 0 Å². The number of aliphatic imine (C=N–C) groups is 1. The minimum atomic E-state index is -0.616. The van der Waals surface area contributed by atoms with E-state index in [0.717, 1.165) is 35.9 Å². The van der Waals surface area contributed by atoms with Gasteiger partial charge in [-0.1, -0.05) is 45.0 Å². The molecule has 0 aliphatic carbocycles. The molecule has 2 aromatic rings. The molecular formula is C22H36N6OS. The summed E-state index contributed by atoms with van der Waals surface area (Å²) in [4.78, 5) is 4.63. The molecule has 0 saturated heterocycles. The molecule has 1 atom stereocenters. The van der Waals surface area contributed by atoms with Crippen LogP contribution < -0.4 is 10.6 Å². The summed E-state index contributed by atoms with van der Waals surface area (Å²) in [5, 5.41) is 25.5. The van der Waals surface area contributed by atoms with Gasteiger partial charge in [0.2, 0.25) is 0 Å². The quantitative estimate of drug-likeness (QED) is 0.321. The first kappa shape index (κ1) is 24.2. The maximum atomic E-state index is 10.6. The highest BCUT2D eigenvalue weighted by Crippen LogP contribution is 2.23. The zero-order valence-corrected chi connectivity index (χ0v) is 19.9. The molecular weight excluding hydrogens is 396 g/mol. The number of aryl methyl sites for hydroxylation is 1. The number of aromatic nitrogens is 3. The van der Waals surface area contributed by atoms with Gasteiger partial charge in [-0.2, -0.15) is 11.8 Å². The number of aliphatic hydroxyl groups is 1. The molecule has 0 aliphatic heterocycles. The molecule has 0 fully saturated rings. The summed E-state index contributed by atoms with van der Waals surface area (Å²) in [5.74, 6) is 3.42. The van der Waals surface area contributed by atoms with Crippen molar-refractivity contribution in [2.45, 2.75) is 52.2 Å². The van der Waals surface area contributed by atoms with Crippen LogP contribution in [0.4, 0.5) is 0 Å². The molecule has 1 unspecified atom stereocenters. The fraction of sp³-hybridized carbons (Fsp3) is 0.591. The van der Waals surface area contributed by atoms with Crippen LogP contribution in [0.15, 0.2) is 29.3 Å². The van der Waals surface area contributed by atoms with E-state index in [9.17, 15) is 5.11 Å². The van der Waals surface area contributed by atoms with Crippen LogP contribution in [0.5, 0.6) is 0 Å². The van der Waals surface area contributed by atoms with E-state index in [-0.39, 0.29) is 5.41 Å². The van der Waals surface area contributed by atoms with Crippen LogP contribution in [-0.2, 0) is 19.0 Å². The molecule has 0 bridgehead atoms. The van der Waals surface area contributed by atoms with Gasteiger partial charge in [0.15, 0.2) is 11.8 Å². The maximum absolute atomic E-state index is 10.6. The summed E-state index contributed by atoms with van der Waals surface area (Å²) in [7, 11) is 1.93. The molecule has 30 heavy (non-hydrogen) atoms. The molecule has 7 nitrogen and oxygen atoms in total. The van der Waals surface area contributed by atoms with E-state index < -0.39 is 6.10 Å². The molecule has 0 aliphatic rings. The number of aliphatic hydroxyl groups excluding tert-OH is 1. The van der Waals surface area contributed by atoms with Crippen LogP contribution >= 0.6 is 11.8 Å². The Bertz CT molecular complexity index is 810. The number of guanidine groups is 1. The Labute approximate surface area is 184 Å². The van der Waals surface area contributed by atoms with Gasteiger partial charge in [-0.25, -0.2) is 4.99 Å². The summed E-state index contributed by atoms with van der Waals surface area (Å²) >= 11 is 1.82. The zero-order chi connectivity index (χ0) is 22.1. The summed E-state index contributed by atoms with van der Waals surface area (Å²) in [5.41, 5.74) is 2.24. The zero-order valence-electron chi connectivity index (χ0n) is 19.1. The molecule has 1 aromatic heterocycles. The average Bonchev–Trinajstić information content (AvgIpc) is 3.04. The van der Waals surface area contributed by atoms with E-state index in [1.165, 1.54) is 5.56 Å². The Morgan fingerprint density at radius 3 is 2.47 bits per heavy atom. The lowest BCUT2D eigenvalue weighted by Gasteiger charge is -2.20. The highest BCUT2D eigenvalue weighted by atomic mass is 32.2. The second kappa shape index (κ2) is 11.4. The molecule has 0 radical (unpaired) electrons. The van der Waals surface area contributed by atoms with Crippen molar-refractivity contribution in [3.05, 3.63) is 47.0 Å². The fourth-order valence-electron chi connectivity index (χ4n) is 2.85. The third-order valence-electron chi connectivity index (χ3n) is 5.00. The van der Waals surface area contributed by atoms with Crippen molar-refractivity contribution in [2.75, 3.05) is 25.1 Å². The van der Waals surface area contributed by atoms with Crippen LogP contribution in [0.3, 0.4) is 0 Å². The Kier molecular flexibility index (Phi) is 9.17. The topological polar surface area (TPSA) is 87.4 Å². The fourth-order valence-corrected chi connectivity index (χ4v) is 3.29. The van der Waals surface area contributed by atoms with Crippen molar-refractivity contribution < 1.29 is 5.11 Å². The van der Waals surface area contributed by atoms with Gasteiger partial charge < -0.3 is 20.3 Å². The van der Waals surface area contributed by atoms with E-state index in [2.05, 4.69) is 65.0 Å². The third kappa shape index (κ3) is 7.32. The molecule has 0 spiro atoms. The summed E-state index contributed by atoms with van der Waals surface area (Å²) in [6.45, 7) is 10.1. The SMILES string of the molecule is CSCCCNC(=NCc1nnc(C)n1C)NCC(O)c1ccc(C(C)(C)C)cc1. The molecule has 0 amide bonds. The molecule has 0 saturated carbocycles. The predicted octanol–water partition coefficient (Wildman–Crippen LogP) is 2.94. The van der Waals surface area contributed by atoms with E-state index in [4.69, 9.17) is 0 Å². The summed E-state index contributed by atoms with van der Waals surface area (Å²) in [6, 6.07) is 8.17. The van der Waals surface area contributed by atoms with Crippen molar-refractivity contribution in [3.63, 3.8) is 0 Å². The number of nitrogens with one attached hydrogen (secondary N) is 2. The maximum Gasteiger partial charge on any atom is 0.191 e. The van der Waals surface area contributed by atoms with Crippen LogP contribution in [-0.4, -0.2) is 50.9 Å². The van der Waals surface area contributed by atoms with Gasteiger partial charge in [0.05, 0.1) is 6.10 Å². The van der Waals surface area contributed by atoms with E-state index in [0.29, 0.717) is 19.0 Å². The number of nitrogens with zero attached hydrogens (tertiary/aromatic N) is 4. The van der Waals surface area contributed by atoms with Gasteiger partial charge >= 0.3 is 0 Å². The number of thioether (sulfide) groups is 1. The molecule has 3 N–H and O–H groups in total. The predicted molar refractivity (Wildman–Crippen MR) is 126 cm³/mol. The van der Waals surface area contributed by atoms with E-state index >= 15 is 0 Å². The number of benzene rings is 1. The Morgan fingerprint density at radius 1 is 1.20 bits per heavy atom. The second-order valence-electron chi connectivity index (χ2n) is 8.43. The summed E-state index contributed by atoms with van der Waals surface area (Å²) < 4.78 is 1.93. The van der Waals surface area contributed by atoms with E-state index in [1.807, 2.05) is 42.4 Å².